The molecule has 6 rings (SSSR count). The predicted molar refractivity (Wildman–Crippen MR) is 172 cm³/mol. The number of ether oxygens (including phenoxy) is 1. The third kappa shape index (κ3) is 5.28. The molecule has 0 saturated heterocycles. The Balaban J connectivity index is 1.71. The summed E-state index contributed by atoms with van der Waals surface area (Å²) in [7, 11) is 1.68. The second-order valence-corrected chi connectivity index (χ2v) is 11.0. The Labute approximate surface area is 253 Å². The first-order valence-corrected chi connectivity index (χ1v) is 14.3. The van der Waals surface area contributed by atoms with Crippen LogP contribution >= 0.6 is 0 Å². The molecule has 2 unspecified atom stereocenters. The van der Waals surface area contributed by atoms with E-state index in [1.165, 1.54) is 22.3 Å². The molecule has 0 bridgehead atoms. The van der Waals surface area contributed by atoms with E-state index < -0.39 is 0 Å². The Morgan fingerprint density at radius 3 is 1.60 bits per heavy atom. The number of methoxy groups -OCH3 is 1. The number of benzene rings is 5. The van der Waals surface area contributed by atoms with E-state index >= 15 is 0 Å². The van der Waals surface area contributed by atoms with Crippen LogP contribution in [0.4, 0.5) is 5.69 Å². The number of rotatable bonds is 6. The lowest BCUT2D eigenvalue weighted by Gasteiger charge is -2.34. The highest BCUT2D eigenvalue weighted by molar-refractivity contribution is 6.04. The van der Waals surface area contributed by atoms with Gasteiger partial charge in [0, 0.05) is 11.6 Å². The average molecular weight is 558 g/mol. The number of anilines is 1. The van der Waals surface area contributed by atoms with E-state index in [4.69, 9.17) is 4.74 Å². The Bertz CT molecular complexity index is 1850. The van der Waals surface area contributed by atoms with E-state index in [-0.39, 0.29) is 12.0 Å². The summed E-state index contributed by atoms with van der Waals surface area (Å²) in [6.45, 7) is 4.21. The fourth-order valence-corrected chi connectivity index (χ4v) is 6.02. The normalized spacial score (nSPS) is 16.1. The lowest BCUT2D eigenvalue weighted by Crippen LogP contribution is -2.26. The van der Waals surface area contributed by atoms with Crippen molar-refractivity contribution in [3.8, 4) is 17.9 Å². The molecule has 4 nitrogen and oxygen atoms in total. The molecule has 0 radical (unpaired) electrons. The largest absolute Gasteiger partial charge is 0.497 e. The molecule has 1 heterocycles. The molecule has 0 N–H and O–H groups in total. The Hall–Kier alpha value is -5.58. The molecule has 0 saturated carbocycles. The molecule has 0 fully saturated rings. The maximum Gasteiger partial charge on any atom is 0.118 e. The zero-order valence-corrected chi connectivity index (χ0v) is 24.5. The van der Waals surface area contributed by atoms with E-state index in [0.29, 0.717) is 11.1 Å². The van der Waals surface area contributed by atoms with E-state index in [1.54, 1.807) is 7.11 Å². The van der Waals surface area contributed by atoms with Crippen molar-refractivity contribution >= 4 is 17.0 Å². The predicted octanol–water partition coefficient (Wildman–Crippen LogP) is 8.97. The third-order valence-electron chi connectivity index (χ3n) is 8.22. The van der Waals surface area contributed by atoms with Crippen molar-refractivity contribution in [2.75, 3.05) is 12.0 Å². The lowest BCUT2D eigenvalue weighted by atomic mass is 9.80. The molecular weight excluding hydrogens is 526 g/mol. The first kappa shape index (κ1) is 27.6. The van der Waals surface area contributed by atoms with E-state index in [1.807, 2.05) is 48.5 Å². The van der Waals surface area contributed by atoms with Crippen LogP contribution in [0.5, 0.6) is 5.75 Å². The van der Waals surface area contributed by atoms with Gasteiger partial charge < -0.3 is 9.64 Å². The molecule has 43 heavy (non-hydrogen) atoms. The van der Waals surface area contributed by atoms with Crippen molar-refractivity contribution in [1.29, 1.82) is 10.5 Å². The zero-order chi connectivity index (χ0) is 29.9. The van der Waals surface area contributed by atoms with Crippen molar-refractivity contribution < 1.29 is 4.74 Å². The van der Waals surface area contributed by atoms with Gasteiger partial charge in [-0.25, -0.2) is 0 Å². The Morgan fingerprint density at radius 2 is 1.07 bits per heavy atom. The molecule has 208 valence electrons. The summed E-state index contributed by atoms with van der Waals surface area (Å²) >= 11 is 0. The summed E-state index contributed by atoms with van der Waals surface area (Å²) < 4.78 is 5.52. The van der Waals surface area contributed by atoms with E-state index in [9.17, 15) is 10.5 Å². The fraction of sp³-hybridized carbons (Fsp3) is 0.128. The highest BCUT2D eigenvalue weighted by Crippen LogP contribution is 2.57. The minimum absolute atomic E-state index is 0.0473. The van der Waals surface area contributed by atoms with Gasteiger partial charge in [-0.15, -0.1) is 0 Å². The molecule has 0 aliphatic carbocycles. The van der Waals surface area contributed by atoms with Gasteiger partial charge in [0.05, 0.1) is 42.1 Å². The summed E-state index contributed by atoms with van der Waals surface area (Å²) in [5.41, 5.74) is 11.4. The van der Waals surface area contributed by atoms with Crippen molar-refractivity contribution in [1.82, 2.24) is 0 Å². The Kier molecular flexibility index (Phi) is 7.52. The first-order chi connectivity index (χ1) is 21.0. The molecule has 5 aromatic carbocycles. The van der Waals surface area contributed by atoms with Crippen molar-refractivity contribution in [3.05, 3.63) is 166 Å². The summed E-state index contributed by atoms with van der Waals surface area (Å²) in [6, 6.07) is 46.0. The van der Waals surface area contributed by atoms with Crippen LogP contribution < -0.4 is 9.64 Å². The van der Waals surface area contributed by atoms with Crippen LogP contribution in [0.2, 0.25) is 0 Å². The van der Waals surface area contributed by atoms with Gasteiger partial charge in [-0.3, -0.25) is 0 Å². The van der Waals surface area contributed by atoms with E-state index in [2.05, 4.69) is 104 Å². The Morgan fingerprint density at radius 1 is 0.581 bits per heavy atom. The highest BCUT2D eigenvalue weighted by Gasteiger charge is 2.44. The zero-order valence-electron chi connectivity index (χ0n) is 24.5. The molecule has 0 spiro atoms. The summed E-state index contributed by atoms with van der Waals surface area (Å²) in [4.78, 5) is 2.44. The monoisotopic (exact) mass is 557 g/mol. The first-order valence-electron chi connectivity index (χ1n) is 14.3. The van der Waals surface area contributed by atoms with Gasteiger partial charge in [0.1, 0.15) is 5.75 Å². The number of nitriles is 2. The standard InChI is InChI=1S/C39H31N3O/c1-26-4-12-30(13-5-26)36-37(31-18-22-35(43-3)23-19-31)39(33-16-10-29(25-41)11-17-33)42(34-20-6-27(2)7-21-34)38(36)32-14-8-28(24-40)9-15-32/h4-23,36,38H,1-3H3. The fourth-order valence-electron chi connectivity index (χ4n) is 6.02. The van der Waals surface area contributed by atoms with Gasteiger partial charge >= 0.3 is 0 Å². The van der Waals surface area contributed by atoms with Crippen molar-refractivity contribution in [2.45, 2.75) is 25.8 Å². The maximum atomic E-state index is 9.57. The van der Waals surface area contributed by atoms with Crippen molar-refractivity contribution in [3.63, 3.8) is 0 Å². The quantitative estimate of drug-likeness (QED) is 0.209. The molecule has 5 aromatic rings. The van der Waals surface area contributed by atoms with Crippen LogP contribution in [-0.4, -0.2) is 7.11 Å². The van der Waals surface area contributed by atoms with Gasteiger partial charge in [-0.2, -0.15) is 10.5 Å². The summed E-state index contributed by atoms with van der Waals surface area (Å²) in [5, 5.41) is 19.1. The van der Waals surface area contributed by atoms with Gasteiger partial charge in [0.15, 0.2) is 0 Å². The topological polar surface area (TPSA) is 60.0 Å². The smallest absolute Gasteiger partial charge is 0.118 e. The lowest BCUT2D eigenvalue weighted by molar-refractivity contribution is 0.415. The average Bonchev–Trinajstić information content (AvgIpc) is 3.41. The van der Waals surface area contributed by atoms with Crippen LogP contribution in [-0.2, 0) is 0 Å². The summed E-state index contributed by atoms with van der Waals surface area (Å²) in [6.07, 6.45) is 0. The second-order valence-electron chi connectivity index (χ2n) is 11.0. The number of hydrogen-bond acceptors (Lipinski definition) is 4. The molecule has 2 atom stereocenters. The van der Waals surface area contributed by atoms with Gasteiger partial charge in [-0.05, 0) is 90.2 Å². The van der Waals surface area contributed by atoms with Crippen LogP contribution in [0.15, 0.2) is 121 Å². The van der Waals surface area contributed by atoms with Crippen LogP contribution in [0.25, 0.3) is 11.3 Å². The van der Waals surface area contributed by atoms with Gasteiger partial charge in [0.25, 0.3) is 0 Å². The van der Waals surface area contributed by atoms with Crippen LogP contribution in [0, 0.1) is 36.5 Å². The number of aryl methyl sites for hydroxylation is 2. The van der Waals surface area contributed by atoms with Crippen molar-refractivity contribution in [2.24, 2.45) is 0 Å². The number of nitrogens with zero attached hydrogens (tertiary/aromatic N) is 3. The molecule has 1 aliphatic rings. The molecule has 4 heteroatoms. The minimum Gasteiger partial charge on any atom is -0.497 e. The third-order valence-corrected chi connectivity index (χ3v) is 8.22. The van der Waals surface area contributed by atoms with Gasteiger partial charge in [0.2, 0.25) is 0 Å². The second kappa shape index (κ2) is 11.7. The molecule has 1 aliphatic heterocycles. The number of hydrogen-bond donors (Lipinski definition) is 0. The SMILES string of the molecule is COc1ccc(C2=C(c3ccc(C#N)cc3)N(c3ccc(C)cc3)C(c3ccc(C#N)cc3)C2c2ccc(C)cc2)cc1. The molecule has 0 aromatic heterocycles. The van der Waals surface area contributed by atoms with Crippen LogP contribution in [0.3, 0.4) is 0 Å². The molecular formula is C39H31N3O. The van der Waals surface area contributed by atoms with Gasteiger partial charge in [-0.1, -0.05) is 83.9 Å². The minimum atomic E-state index is -0.110. The maximum absolute atomic E-state index is 9.57. The summed E-state index contributed by atoms with van der Waals surface area (Å²) in [5.74, 6) is 0.752. The van der Waals surface area contributed by atoms with Crippen LogP contribution in [0.1, 0.15) is 56.5 Å². The van der Waals surface area contributed by atoms with E-state index in [0.717, 1.165) is 33.8 Å². The highest BCUT2D eigenvalue weighted by atomic mass is 16.5. The molecule has 0 amide bonds.